The maximum absolute atomic E-state index is 3.49. The lowest BCUT2D eigenvalue weighted by atomic mass is 9.78. The Balaban J connectivity index is 2.53. The maximum Gasteiger partial charge on any atom is 0.0389 e. The quantitative estimate of drug-likeness (QED) is 0.731. The Hall–Kier alpha value is -0.500. The molecule has 0 unspecified atom stereocenters. The third kappa shape index (κ3) is 1.60. The Morgan fingerprint density at radius 3 is 2.92 bits per heavy atom. The first-order valence-corrected chi connectivity index (χ1v) is 5.43. The van der Waals surface area contributed by atoms with Crippen molar-refractivity contribution in [1.29, 1.82) is 0 Å². The van der Waals surface area contributed by atoms with Crippen LogP contribution < -0.4 is 5.32 Å². The summed E-state index contributed by atoms with van der Waals surface area (Å²) >= 11 is 3.49. The summed E-state index contributed by atoms with van der Waals surface area (Å²) in [4.78, 5) is 0. The summed E-state index contributed by atoms with van der Waals surface area (Å²) in [5.74, 6) is 0. The van der Waals surface area contributed by atoms with E-state index >= 15 is 0 Å². The zero-order chi connectivity index (χ0) is 9.47. The second-order valence-corrected chi connectivity index (χ2v) is 5.17. The molecule has 0 aromatic heterocycles. The monoisotopic (exact) mass is 239 g/mol. The molecule has 70 valence electrons. The molecule has 0 radical (unpaired) electrons. The fourth-order valence-electron chi connectivity index (χ4n) is 1.90. The number of anilines is 1. The van der Waals surface area contributed by atoms with E-state index < -0.39 is 0 Å². The maximum atomic E-state index is 3.49. The minimum absolute atomic E-state index is 0.321. The molecular formula is C11H14BrN. The molecule has 0 bridgehead atoms. The smallest absolute Gasteiger partial charge is 0.0389 e. The average Bonchev–Trinajstić information content (AvgIpc) is 2.02. The van der Waals surface area contributed by atoms with Crippen LogP contribution in [0.2, 0.25) is 0 Å². The third-order valence-corrected chi connectivity index (χ3v) is 3.27. The molecule has 1 aromatic rings. The molecular weight excluding hydrogens is 226 g/mol. The van der Waals surface area contributed by atoms with Crippen molar-refractivity contribution in [2.24, 2.45) is 0 Å². The molecule has 0 fully saturated rings. The molecule has 0 atom stereocenters. The normalized spacial score (nSPS) is 19.0. The first kappa shape index (κ1) is 9.07. The van der Waals surface area contributed by atoms with Gasteiger partial charge in [0.2, 0.25) is 0 Å². The minimum atomic E-state index is 0.321. The molecule has 13 heavy (non-hydrogen) atoms. The number of hydrogen-bond acceptors (Lipinski definition) is 1. The highest BCUT2D eigenvalue weighted by Crippen LogP contribution is 2.37. The molecule has 1 heterocycles. The first-order valence-electron chi connectivity index (χ1n) is 4.63. The highest BCUT2D eigenvalue weighted by Gasteiger charge is 2.26. The van der Waals surface area contributed by atoms with Gasteiger partial charge in [-0.2, -0.15) is 0 Å². The Morgan fingerprint density at radius 1 is 1.38 bits per heavy atom. The fraction of sp³-hybridized carbons (Fsp3) is 0.455. The Labute approximate surface area is 87.7 Å². The van der Waals surface area contributed by atoms with Gasteiger partial charge in [0.05, 0.1) is 0 Å². The molecule has 1 N–H and O–H groups in total. The van der Waals surface area contributed by atoms with Gasteiger partial charge in [0.25, 0.3) is 0 Å². The Morgan fingerprint density at radius 2 is 2.15 bits per heavy atom. The number of nitrogens with one attached hydrogen (secondary N) is 1. The first-order chi connectivity index (χ1) is 6.09. The number of hydrogen-bond donors (Lipinski definition) is 1. The summed E-state index contributed by atoms with van der Waals surface area (Å²) in [6.07, 6.45) is 1.21. The Kier molecular flexibility index (Phi) is 2.11. The summed E-state index contributed by atoms with van der Waals surface area (Å²) in [6, 6.07) is 6.50. The summed E-state index contributed by atoms with van der Waals surface area (Å²) in [5.41, 5.74) is 3.04. The minimum Gasteiger partial charge on any atom is -0.385 e. The molecule has 2 heteroatoms. The summed E-state index contributed by atoms with van der Waals surface area (Å²) in [5, 5.41) is 3.43. The van der Waals surface area contributed by atoms with Crippen molar-refractivity contribution in [3.05, 3.63) is 28.2 Å². The molecule has 1 nitrogen and oxygen atoms in total. The molecule has 0 amide bonds. The molecule has 0 aliphatic carbocycles. The predicted octanol–water partition coefficient (Wildman–Crippen LogP) is 3.54. The molecule has 0 spiro atoms. The predicted molar refractivity (Wildman–Crippen MR) is 60.3 cm³/mol. The Bertz CT molecular complexity index is 331. The van der Waals surface area contributed by atoms with E-state index in [9.17, 15) is 0 Å². The summed E-state index contributed by atoms with van der Waals surface area (Å²) in [6.45, 7) is 5.69. The van der Waals surface area contributed by atoms with Gasteiger partial charge in [-0.25, -0.2) is 0 Å². The van der Waals surface area contributed by atoms with Crippen LogP contribution in [-0.4, -0.2) is 6.54 Å². The van der Waals surface area contributed by atoms with Crippen LogP contribution in [0.4, 0.5) is 5.69 Å². The zero-order valence-corrected chi connectivity index (χ0v) is 9.61. The average molecular weight is 240 g/mol. The number of halogens is 1. The summed E-state index contributed by atoms with van der Waals surface area (Å²) < 4.78 is 1.15. The van der Waals surface area contributed by atoms with Gasteiger partial charge >= 0.3 is 0 Å². The molecule has 1 aliphatic rings. The molecule has 1 aromatic carbocycles. The van der Waals surface area contributed by atoms with E-state index in [1.807, 2.05) is 0 Å². The van der Waals surface area contributed by atoms with Gasteiger partial charge in [-0.15, -0.1) is 0 Å². The molecule has 0 saturated heterocycles. The van der Waals surface area contributed by atoms with E-state index in [-0.39, 0.29) is 0 Å². The lowest BCUT2D eigenvalue weighted by Crippen LogP contribution is -2.28. The van der Waals surface area contributed by atoms with E-state index in [1.54, 1.807) is 0 Å². The van der Waals surface area contributed by atoms with Crippen LogP contribution in [0, 0.1) is 0 Å². The van der Waals surface area contributed by atoms with Crippen molar-refractivity contribution in [3.8, 4) is 0 Å². The van der Waals surface area contributed by atoms with Crippen LogP contribution in [0.25, 0.3) is 0 Å². The largest absolute Gasteiger partial charge is 0.385 e. The lowest BCUT2D eigenvalue weighted by Gasteiger charge is -2.33. The SMILES string of the molecule is CC1(C)CCNc2cc(Br)ccc21. The van der Waals surface area contributed by atoms with Gasteiger partial charge in [-0.05, 0) is 29.5 Å². The van der Waals surface area contributed by atoms with Crippen LogP contribution in [0.5, 0.6) is 0 Å². The van der Waals surface area contributed by atoms with Crippen LogP contribution in [-0.2, 0) is 5.41 Å². The zero-order valence-electron chi connectivity index (χ0n) is 8.02. The highest BCUT2D eigenvalue weighted by molar-refractivity contribution is 9.10. The van der Waals surface area contributed by atoms with Gasteiger partial charge < -0.3 is 5.32 Å². The van der Waals surface area contributed by atoms with Crippen molar-refractivity contribution in [2.75, 3.05) is 11.9 Å². The van der Waals surface area contributed by atoms with Crippen molar-refractivity contribution in [2.45, 2.75) is 25.7 Å². The third-order valence-electron chi connectivity index (χ3n) is 2.78. The van der Waals surface area contributed by atoms with E-state index in [0.717, 1.165) is 11.0 Å². The van der Waals surface area contributed by atoms with Crippen molar-refractivity contribution >= 4 is 21.6 Å². The lowest BCUT2D eigenvalue weighted by molar-refractivity contribution is 0.482. The summed E-state index contributed by atoms with van der Waals surface area (Å²) in [7, 11) is 0. The van der Waals surface area contributed by atoms with Crippen molar-refractivity contribution in [3.63, 3.8) is 0 Å². The van der Waals surface area contributed by atoms with Crippen LogP contribution in [0.1, 0.15) is 25.8 Å². The van der Waals surface area contributed by atoms with E-state index in [1.165, 1.54) is 17.7 Å². The number of benzene rings is 1. The van der Waals surface area contributed by atoms with E-state index in [2.05, 4.69) is 53.3 Å². The van der Waals surface area contributed by atoms with E-state index in [0.29, 0.717) is 5.41 Å². The standard InChI is InChI=1S/C11H14BrN/c1-11(2)5-6-13-10-7-8(12)3-4-9(10)11/h3-4,7,13H,5-6H2,1-2H3. The second kappa shape index (κ2) is 3.02. The van der Waals surface area contributed by atoms with Gasteiger partial charge in [0.15, 0.2) is 0 Å². The number of fused-ring (bicyclic) bond motifs is 1. The fourth-order valence-corrected chi connectivity index (χ4v) is 2.26. The molecule has 0 saturated carbocycles. The van der Waals surface area contributed by atoms with E-state index in [4.69, 9.17) is 0 Å². The van der Waals surface area contributed by atoms with Crippen LogP contribution in [0.3, 0.4) is 0 Å². The molecule has 1 aliphatic heterocycles. The molecule has 2 rings (SSSR count). The van der Waals surface area contributed by atoms with Crippen LogP contribution in [0.15, 0.2) is 22.7 Å². The van der Waals surface area contributed by atoms with Crippen molar-refractivity contribution in [1.82, 2.24) is 0 Å². The van der Waals surface area contributed by atoms with Crippen molar-refractivity contribution < 1.29 is 0 Å². The topological polar surface area (TPSA) is 12.0 Å². The second-order valence-electron chi connectivity index (χ2n) is 4.25. The van der Waals surface area contributed by atoms with Gasteiger partial charge in [0.1, 0.15) is 0 Å². The van der Waals surface area contributed by atoms with Crippen LogP contribution >= 0.6 is 15.9 Å². The highest BCUT2D eigenvalue weighted by atomic mass is 79.9. The number of rotatable bonds is 0. The van der Waals surface area contributed by atoms with Gasteiger partial charge in [0, 0.05) is 16.7 Å². The van der Waals surface area contributed by atoms with Gasteiger partial charge in [-0.3, -0.25) is 0 Å². The van der Waals surface area contributed by atoms with Gasteiger partial charge in [-0.1, -0.05) is 35.8 Å².